The van der Waals surface area contributed by atoms with Crippen LogP contribution in [0.3, 0.4) is 0 Å². The molecule has 2 aromatic carbocycles. The van der Waals surface area contributed by atoms with Crippen molar-refractivity contribution in [2.45, 2.75) is 69.1 Å². The number of carbonyl (C=O) groups excluding carboxylic acids is 2. The third-order valence-electron chi connectivity index (χ3n) is 8.08. The van der Waals surface area contributed by atoms with Gasteiger partial charge in [0.15, 0.2) is 6.04 Å². The Morgan fingerprint density at radius 3 is 2.50 bits per heavy atom. The summed E-state index contributed by atoms with van der Waals surface area (Å²) in [6.07, 6.45) is 8.06. The predicted octanol–water partition coefficient (Wildman–Crippen LogP) is 4.43. The SMILES string of the molecule is Cc1ccc(C(C(=O)NC2CCCCC2)N(C(=O)Cn2nnc3ccccc32)c2ccc(S(=O)(=O)NCc3cccnc3)cc2)o1. The van der Waals surface area contributed by atoms with E-state index < -0.39 is 22.0 Å². The molecule has 0 saturated heterocycles. The summed E-state index contributed by atoms with van der Waals surface area (Å²) in [4.78, 5) is 33.8. The van der Waals surface area contributed by atoms with Crippen LogP contribution in [0.2, 0.25) is 0 Å². The molecule has 0 spiro atoms. The first-order valence-electron chi connectivity index (χ1n) is 15.2. The number of aryl methyl sites for hydroxylation is 1. The maximum absolute atomic E-state index is 14.3. The number of fused-ring (bicyclic) bond motifs is 1. The van der Waals surface area contributed by atoms with E-state index in [1.165, 1.54) is 33.8 Å². The number of benzene rings is 2. The molecule has 6 rings (SSSR count). The smallest absolute Gasteiger partial charge is 0.251 e. The van der Waals surface area contributed by atoms with E-state index >= 15 is 0 Å². The van der Waals surface area contributed by atoms with Crippen LogP contribution in [0.1, 0.15) is 55.2 Å². The van der Waals surface area contributed by atoms with Crippen LogP contribution in [0, 0.1) is 6.92 Å². The summed E-state index contributed by atoms with van der Waals surface area (Å²) in [5.74, 6) is 0.0328. The number of nitrogens with zero attached hydrogens (tertiary/aromatic N) is 5. The van der Waals surface area contributed by atoms with Crippen molar-refractivity contribution in [3.05, 3.63) is 102 Å². The van der Waals surface area contributed by atoms with Crippen molar-refractivity contribution < 1.29 is 22.4 Å². The van der Waals surface area contributed by atoms with Crippen LogP contribution in [0.25, 0.3) is 11.0 Å². The number of amides is 2. The maximum atomic E-state index is 14.3. The predicted molar refractivity (Wildman–Crippen MR) is 171 cm³/mol. The number of hydrogen-bond acceptors (Lipinski definition) is 8. The van der Waals surface area contributed by atoms with Gasteiger partial charge in [0.05, 0.1) is 10.4 Å². The lowest BCUT2D eigenvalue weighted by Crippen LogP contribution is -2.48. The fourth-order valence-electron chi connectivity index (χ4n) is 5.73. The summed E-state index contributed by atoms with van der Waals surface area (Å²) in [7, 11) is -3.89. The Labute approximate surface area is 266 Å². The molecule has 0 bridgehead atoms. The van der Waals surface area contributed by atoms with E-state index in [4.69, 9.17) is 4.42 Å². The van der Waals surface area contributed by atoms with Gasteiger partial charge in [-0.25, -0.2) is 17.8 Å². The fourth-order valence-corrected chi connectivity index (χ4v) is 6.74. The van der Waals surface area contributed by atoms with Gasteiger partial charge in [0, 0.05) is 30.7 Å². The number of rotatable bonds is 11. The highest BCUT2D eigenvalue weighted by molar-refractivity contribution is 7.89. The molecule has 1 unspecified atom stereocenters. The second-order valence-electron chi connectivity index (χ2n) is 11.4. The van der Waals surface area contributed by atoms with Crippen LogP contribution in [-0.4, -0.2) is 46.3 Å². The van der Waals surface area contributed by atoms with Gasteiger partial charge in [-0.1, -0.05) is 42.7 Å². The van der Waals surface area contributed by atoms with Crippen LogP contribution in [-0.2, 0) is 32.7 Å². The van der Waals surface area contributed by atoms with E-state index in [0.717, 1.165) is 32.1 Å². The van der Waals surface area contributed by atoms with Gasteiger partial charge in [0.1, 0.15) is 23.6 Å². The van der Waals surface area contributed by atoms with Crippen LogP contribution in [0.4, 0.5) is 5.69 Å². The summed E-state index contributed by atoms with van der Waals surface area (Å²) in [6.45, 7) is 1.61. The van der Waals surface area contributed by atoms with E-state index in [1.54, 1.807) is 49.6 Å². The number of sulfonamides is 1. The highest BCUT2D eigenvalue weighted by Crippen LogP contribution is 2.31. The number of nitrogens with one attached hydrogen (secondary N) is 2. The minimum Gasteiger partial charge on any atom is -0.464 e. The molecular formula is C33H35N7O5S. The molecule has 13 heteroatoms. The number of para-hydroxylation sites is 1. The van der Waals surface area contributed by atoms with Crippen molar-refractivity contribution >= 4 is 38.6 Å². The Kier molecular flexibility index (Phi) is 9.22. The van der Waals surface area contributed by atoms with Gasteiger partial charge >= 0.3 is 0 Å². The number of aromatic nitrogens is 4. The Hall–Kier alpha value is -4.88. The first-order valence-corrected chi connectivity index (χ1v) is 16.7. The van der Waals surface area contributed by atoms with E-state index in [9.17, 15) is 18.0 Å². The minimum atomic E-state index is -3.89. The monoisotopic (exact) mass is 641 g/mol. The molecule has 46 heavy (non-hydrogen) atoms. The van der Waals surface area contributed by atoms with Crippen LogP contribution in [0.5, 0.6) is 0 Å². The van der Waals surface area contributed by atoms with E-state index in [-0.39, 0.29) is 35.7 Å². The molecule has 1 atom stereocenters. The number of carbonyl (C=O) groups is 2. The van der Waals surface area contributed by atoms with Crippen molar-refractivity contribution in [3.63, 3.8) is 0 Å². The Bertz CT molecular complexity index is 1920. The molecule has 238 valence electrons. The summed E-state index contributed by atoms with van der Waals surface area (Å²) >= 11 is 0. The number of anilines is 1. The largest absolute Gasteiger partial charge is 0.464 e. The first-order chi connectivity index (χ1) is 22.3. The van der Waals surface area contributed by atoms with Crippen molar-refractivity contribution in [1.29, 1.82) is 0 Å². The van der Waals surface area contributed by atoms with Gasteiger partial charge in [-0.05, 0) is 79.9 Å². The Morgan fingerprint density at radius 2 is 1.78 bits per heavy atom. The average molecular weight is 642 g/mol. The highest BCUT2D eigenvalue weighted by Gasteiger charge is 2.37. The molecular weight excluding hydrogens is 606 g/mol. The zero-order valence-electron chi connectivity index (χ0n) is 25.4. The molecule has 3 heterocycles. The normalized spacial score (nSPS) is 14.6. The lowest BCUT2D eigenvalue weighted by molar-refractivity contribution is -0.128. The highest BCUT2D eigenvalue weighted by atomic mass is 32.2. The zero-order valence-corrected chi connectivity index (χ0v) is 26.2. The average Bonchev–Trinajstić information content (AvgIpc) is 3.69. The molecule has 1 aliphatic rings. The van der Waals surface area contributed by atoms with Crippen LogP contribution in [0.15, 0.2) is 94.5 Å². The molecule has 5 aromatic rings. The first kappa shape index (κ1) is 31.1. The quantitative estimate of drug-likeness (QED) is 0.215. The molecule has 1 aliphatic carbocycles. The van der Waals surface area contributed by atoms with Crippen molar-refractivity contribution in [2.24, 2.45) is 0 Å². The van der Waals surface area contributed by atoms with Gasteiger partial charge in [-0.2, -0.15) is 0 Å². The topological polar surface area (TPSA) is 152 Å². The van der Waals surface area contributed by atoms with Crippen molar-refractivity contribution in [3.8, 4) is 0 Å². The number of pyridine rings is 1. The zero-order chi connectivity index (χ0) is 32.1. The van der Waals surface area contributed by atoms with Gasteiger partial charge in [-0.15, -0.1) is 5.10 Å². The van der Waals surface area contributed by atoms with Gasteiger partial charge in [0.25, 0.3) is 5.91 Å². The van der Waals surface area contributed by atoms with Crippen molar-refractivity contribution in [1.82, 2.24) is 30.0 Å². The molecule has 0 radical (unpaired) electrons. The van der Waals surface area contributed by atoms with E-state index in [2.05, 4.69) is 25.3 Å². The lowest BCUT2D eigenvalue weighted by atomic mass is 9.95. The van der Waals surface area contributed by atoms with Crippen LogP contribution < -0.4 is 14.9 Å². The fraction of sp³-hybridized carbons (Fsp3) is 0.303. The maximum Gasteiger partial charge on any atom is 0.251 e. The van der Waals surface area contributed by atoms with Gasteiger partial charge in [-0.3, -0.25) is 19.5 Å². The van der Waals surface area contributed by atoms with Crippen molar-refractivity contribution in [2.75, 3.05) is 4.90 Å². The molecule has 2 amide bonds. The Morgan fingerprint density at radius 1 is 1.00 bits per heavy atom. The van der Waals surface area contributed by atoms with E-state index in [1.807, 2.05) is 18.2 Å². The second kappa shape index (κ2) is 13.6. The molecule has 3 aromatic heterocycles. The molecule has 1 fully saturated rings. The van der Waals surface area contributed by atoms with Crippen LogP contribution >= 0.6 is 0 Å². The molecule has 1 saturated carbocycles. The third-order valence-corrected chi connectivity index (χ3v) is 9.49. The second-order valence-corrected chi connectivity index (χ2v) is 13.1. The summed E-state index contributed by atoms with van der Waals surface area (Å²) in [5, 5.41) is 11.5. The summed E-state index contributed by atoms with van der Waals surface area (Å²) < 4.78 is 36.3. The molecule has 0 aliphatic heterocycles. The van der Waals surface area contributed by atoms with Gasteiger partial charge in [0.2, 0.25) is 15.9 Å². The lowest BCUT2D eigenvalue weighted by Gasteiger charge is -2.32. The summed E-state index contributed by atoms with van der Waals surface area (Å²) in [6, 6.07) is 18.9. The number of furan rings is 1. The molecule has 2 N–H and O–H groups in total. The molecule has 12 nitrogen and oxygen atoms in total. The van der Waals surface area contributed by atoms with E-state index in [0.29, 0.717) is 28.0 Å². The third kappa shape index (κ3) is 7.00. The number of hydrogen-bond donors (Lipinski definition) is 2. The Balaban J connectivity index is 1.35. The minimum absolute atomic E-state index is 0.00635. The summed E-state index contributed by atoms with van der Waals surface area (Å²) in [5.41, 5.74) is 2.32. The van der Waals surface area contributed by atoms with Gasteiger partial charge < -0.3 is 9.73 Å². The standard InChI is InChI=1S/C33H35N7O5S/c1-23-13-18-30(45-23)32(33(42)36-25-9-3-2-4-10-25)40(31(41)22-39-29-12-6-5-11-28(29)37-38-39)26-14-16-27(17-15-26)46(43,44)35-21-24-8-7-19-34-20-24/h5-8,11-20,25,32,35H,2-4,9-10,21-22H2,1H3,(H,36,42).